The van der Waals surface area contributed by atoms with E-state index in [2.05, 4.69) is 10.6 Å². The Kier molecular flexibility index (Phi) is 8.68. The predicted molar refractivity (Wildman–Crippen MR) is 130 cm³/mol. The highest BCUT2D eigenvalue weighted by molar-refractivity contribution is 7.89. The maximum Gasteiger partial charge on any atom is 0.243 e. The largest absolute Gasteiger partial charge is 0.497 e. The van der Waals surface area contributed by atoms with Gasteiger partial charge < -0.3 is 15.4 Å². The topological polar surface area (TPSA) is 105 Å². The summed E-state index contributed by atoms with van der Waals surface area (Å²) in [6.45, 7) is 4.15. The van der Waals surface area contributed by atoms with E-state index in [1.54, 1.807) is 12.1 Å². The molecule has 9 heteroatoms. The molecule has 1 saturated heterocycles. The predicted octanol–water partition coefficient (Wildman–Crippen LogP) is 2.35. The van der Waals surface area contributed by atoms with E-state index in [0.29, 0.717) is 31.6 Å². The van der Waals surface area contributed by atoms with Gasteiger partial charge in [0.25, 0.3) is 0 Å². The number of carbonyl (C=O) groups is 2. The van der Waals surface area contributed by atoms with Crippen LogP contribution in [0.15, 0.2) is 59.5 Å². The molecule has 2 amide bonds. The number of benzene rings is 2. The van der Waals surface area contributed by atoms with Gasteiger partial charge in [0, 0.05) is 25.6 Å². The molecule has 1 aliphatic heterocycles. The minimum Gasteiger partial charge on any atom is -0.497 e. The first-order chi connectivity index (χ1) is 16.2. The first-order valence-electron chi connectivity index (χ1n) is 11.5. The van der Waals surface area contributed by atoms with E-state index in [1.165, 1.54) is 23.5 Å². The third-order valence-electron chi connectivity index (χ3n) is 5.80. The molecular weight excluding hydrogens is 454 g/mol. The molecule has 2 aromatic carbocycles. The summed E-state index contributed by atoms with van der Waals surface area (Å²) in [5.41, 5.74) is 0.930. The lowest BCUT2D eigenvalue weighted by Gasteiger charge is -2.32. The molecule has 0 bridgehead atoms. The minimum atomic E-state index is -3.74. The van der Waals surface area contributed by atoms with E-state index in [9.17, 15) is 18.0 Å². The van der Waals surface area contributed by atoms with E-state index in [4.69, 9.17) is 4.74 Å². The van der Waals surface area contributed by atoms with Gasteiger partial charge in [-0.15, -0.1) is 0 Å². The number of hydrogen-bond acceptors (Lipinski definition) is 5. The summed E-state index contributed by atoms with van der Waals surface area (Å²) in [7, 11) is -2.23. The normalized spacial score (nSPS) is 17.7. The zero-order valence-electron chi connectivity index (χ0n) is 19.9. The second-order valence-electron chi connectivity index (χ2n) is 8.79. The third-order valence-corrected chi connectivity index (χ3v) is 7.68. The van der Waals surface area contributed by atoms with Gasteiger partial charge in [0.05, 0.1) is 17.9 Å². The number of hydrogen-bond donors (Lipinski definition) is 2. The lowest BCUT2D eigenvalue weighted by molar-refractivity contribution is -0.132. The van der Waals surface area contributed by atoms with Crippen LogP contribution in [0.5, 0.6) is 5.75 Å². The molecule has 2 N–H and O–H groups in total. The summed E-state index contributed by atoms with van der Waals surface area (Å²) in [4.78, 5) is 26.1. The Hall–Kier alpha value is -2.91. The Morgan fingerprint density at radius 3 is 2.35 bits per heavy atom. The fourth-order valence-electron chi connectivity index (χ4n) is 4.01. The second kappa shape index (κ2) is 11.5. The van der Waals surface area contributed by atoms with Crippen molar-refractivity contribution in [3.05, 3.63) is 60.2 Å². The summed E-state index contributed by atoms with van der Waals surface area (Å²) < 4.78 is 32.7. The molecule has 1 heterocycles. The SMILES string of the molecule is COc1ccc(S(=O)(=O)N2CCC[C@@H](C(=O)N[C@@H](Cc3ccccc3)C(=O)NC(C)C)C2)cc1. The van der Waals surface area contributed by atoms with Gasteiger partial charge in [-0.1, -0.05) is 30.3 Å². The number of rotatable bonds is 9. The highest BCUT2D eigenvalue weighted by atomic mass is 32.2. The number of sulfonamides is 1. The average molecular weight is 488 g/mol. The number of nitrogens with zero attached hydrogens (tertiary/aromatic N) is 1. The van der Waals surface area contributed by atoms with Gasteiger partial charge in [0.1, 0.15) is 11.8 Å². The third kappa shape index (κ3) is 6.57. The van der Waals surface area contributed by atoms with Crippen molar-refractivity contribution < 1.29 is 22.7 Å². The van der Waals surface area contributed by atoms with Crippen molar-refractivity contribution in [2.24, 2.45) is 5.92 Å². The second-order valence-corrected chi connectivity index (χ2v) is 10.7. The molecule has 3 rings (SSSR count). The van der Waals surface area contributed by atoms with Crippen molar-refractivity contribution in [2.75, 3.05) is 20.2 Å². The fourth-order valence-corrected chi connectivity index (χ4v) is 5.53. The average Bonchev–Trinajstić information content (AvgIpc) is 2.84. The van der Waals surface area contributed by atoms with Crippen molar-refractivity contribution in [1.29, 1.82) is 0 Å². The smallest absolute Gasteiger partial charge is 0.243 e. The van der Waals surface area contributed by atoms with Gasteiger partial charge in [-0.2, -0.15) is 4.31 Å². The highest BCUT2D eigenvalue weighted by Gasteiger charge is 2.34. The number of nitrogens with one attached hydrogen (secondary N) is 2. The maximum absolute atomic E-state index is 13.2. The highest BCUT2D eigenvalue weighted by Crippen LogP contribution is 2.25. The molecular formula is C25H33N3O5S. The zero-order chi connectivity index (χ0) is 24.7. The van der Waals surface area contributed by atoms with Crippen LogP contribution in [0.1, 0.15) is 32.3 Å². The van der Waals surface area contributed by atoms with Gasteiger partial charge in [-0.3, -0.25) is 9.59 Å². The van der Waals surface area contributed by atoms with Gasteiger partial charge in [-0.25, -0.2) is 8.42 Å². The van der Waals surface area contributed by atoms with E-state index < -0.39 is 22.0 Å². The van der Waals surface area contributed by atoms with Crippen molar-refractivity contribution in [1.82, 2.24) is 14.9 Å². The lowest BCUT2D eigenvalue weighted by atomic mass is 9.97. The number of amides is 2. The van der Waals surface area contributed by atoms with Crippen LogP contribution in [0.2, 0.25) is 0 Å². The van der Waals surface area contributed by atoms with Crippen LogP contribution in [-0.2, 0) is 26.0 Å². The molecule has 34 heavy (non-hydrogen) atoms. The first-order valence-corrected chi connectivity index (χ1v) is 12.9. The van der Waals surface area contributed by atoms with Crippen molar-refractivity contribution in [3.8, 4) is 5.75 Å². The molecule has 184 valence electrons. The summed E-state index contributed by atoms with van der Waals surface area (Å²) >= 11 is 0. The molecule has 0 aliphatic carbocycles. The number of carbonyl (C=O) groups excluding carboxylic acids is 2. The van der Waals surface area contributed by atoms with Gasteiger partial charge in [0.15, 0.2) is 0 Å². The molecule has 0 saturated carbocycles. The van der Waals surface area contributed by atoms with Crippen LogP contribution < -0.4 is 15.4 Å². The molecule has 1 fully saturated rings. The summed E-state index contributed by atoms with van der Waals surface area (Å²) in [5.74, 6) is -0.536. The van der Waals surface area contributed by atoms with Crippen LogP contribution in [-0.4, -0.2) is 56.8 Å². The van der Waals surface area contributed by atoms with E-state index in [1.807, 2.05) is 44.2 Å². The quantitative estimate of drug-likeness (QED) is 0.565. The van der Waals surface area contributed by atoms with Gasteiger partial charge in [-0.05, 0) is 56.5 Å². The molecule has 2 aromatic rings. The van der Waals surface area contributed by atoms with Crippen LogP contribution in [0, 0.1) is 5.92 Å². The molecule has 1 aliphatic rings. The minimum absolute atomic E-state index is 0.0671. The van der Waals surface area contributed by atoms with Crippen molar-refractivity contribution in [3.63, 3.8) is 0 Å². The molecule has 0 unspecified atom stereocenters. The van der Waals surface area contributed by atoms with Crippen LogP contribution in [0.3, 0.4) is 0 Å². The van der Waals surface area contributed by atoms with Crippen molar-refractivity contribution >= 4 is 21.8 Å². The molecule has 8 nitrogen and oxygen atoms in total. The number of piperidine rings is 1. The Balaban J connectivity index is 1.71. The zero-order valence-corrected chi connectivity index (χ0v) is 20.7. The number of ether oxygens (including phenoxy) is 1. The van der Waals surface area contributed by atoms with Gasteiger partial charge >= 0.3 is 0 Å². The van der Waals surface area contributed by atoms with Crippen molar-refractivity contribution in [2.45, 2.75) is 50.1 Å². The Bertz CT molecular complexity index is 1070. The monoisotopic (exact) mass is 487 g/mol. The van der Waals surface area contributed by atoms with Crippen LogP contribution in [0.4, 0.5) is 0 Å². The maximum atomic E-state index is 13.2. The van der Waals surface area contributed by atoms with E-state index in [0.717, 1.165) is 5.56 Å². The number of methoxy groups -OCH3 is 1. The Labute approximate surface area is 201 Å². The van der Waals surface area contributed by atoms with Crippen LogP contribution >= 0.6 is 0 Å². The fraction of sp³-hybridized carbons (Fsp3) is 0.440. The van der Waals surface area contributed by atoms with Crippen LogP contribution in [0.25, 0.3) is 0 Å². The van der Waals surface area contributed by atoms with E-state index in [-0.39, 0.29) is 29.3 Å². The lowest BCUT2D eigenvalue weighted by Crippen LogP contribution is -2.53. The summed E-state index contributed by atoms with van der Waals surface area (Å²) in [6.07, 6.45) is 1.48. The molecule has 2 atom stereocenters. The first kappa shape index (κ1) is 25.7. The Morgan fingerprint density at radius 2 is 1.74 bits per heavy atom. The van der Waals surface area contributed by atoms with Gasteiger partial charge in [0.2, 0.25) is 21.8 Å². The van der Waals surface area contributed by atoms with E-state index >= 15 is 0 Å². The molecule has 0 spiro atoms. The molecule has 0 radical (unpaired) electrons. The summed E-state index contributed by atoms with van der Waals surface area (Å²) in [6, 6.07) is 14.9. The Morgan fingerprint density at radius 1 is 1.06 bits per heavy atom. The summed E-state index contributed by atoms with van der Waals surface area (Å²) in [5, 5.41) is 5.74. The molecule has 0 aromatic heterocycles. The standard InChI is InChI=1S/C25H33N3O5S/c1-18(2)26-25(30)23(16-19-8-5-4-6-9-19)27-24(29)20-10-7-15-28(17-20)34(31,32)22-13-11-21(33-3)12-14-22/h4-6,8-9,11-14,18,20,23H,7,10,15-17H2,1-3H3,(H,26,30)(H,27,29)/t20-,23+/m1/s1.